The molecule has 2 fully saturated rings. The Balaban J connectivity index is 0.00000140. The largest absolute Gasteiger partial charge is 0.348 e. The number of benzene rings is 1. The fourth-order valence-corrected chi connectivity index (χ4v) is 5.17. The first-order chi connectivity index (χ1) is 12.7. The first kappa shape index (κ1) is 23.2. The van der Waals surface area contributed by atoms with Crippen molar-refractivity contribution in [3.05, 3.63) is 18.2 Å². The third kappa shape index (κ3) is 5.50. The molecule has 0 saturated carbocycles. The van der Waals surface area contributed by atoms with Crippen molar-refractivity contribution in [3.8, 4) is 0 Å². The molecule has 2 aliphatic heterocycles. The van der Waals surface area contributed by atoms with Crippen LogP contribution in [0.3, 0.4) is 0 Å². The summed E-state index contributed by atoms with van der Waals surface area (Å²) in [6, 6.07) is 6.07. The minimum atomic E-state index is 0. The summed E-state index contributed by atoms with van der Waals surface area (Å²) in [6.45, 7) is 6.59. The van der Waals surface area contributed by atoms with Crippen LogP contribution in [-0.2, 0) is 4.79 Å². The number of hydrogen-bond acceptors (Lipinski definition) is 5. The first-order valence-corrected chi connectivity index (χ1v) is 10.7. The van der Waals surface area contributed by atoms with E-state index in [0.717, 1.165) is 47.2 Å². The number of amides is 1. The van der Waals surface area contributed by atoms with Gasteiger partial charge in [-0.1, -0.05) is 18.3 Å². The highest BCUT2D eigenvalue weighted by molar-refractivity contribution is 7.22. The number of halogens is 2. The molecule has 0 radical (unpaired) electrons. The van der Waals surface area contributed by atoms with Crippen molar-refractivity contribution in [2.24, 2.45) is 11.8 Å². The molecule has 1 amide bonds. The van der Waals surface area contributed by atoms with E-state index in [2.05, 4.69) is 28.5 Å². The predicted octanol–water partition coefficient (Wildman–Crippen LogP) is 4.70. The van der Waals surface area contributed by atoms with Gasteiger partial charge in [0.25, 0.3) is 0 Å². The molecule has 2 aliphatic rings. The molecule has 1 atom stereocenters. The fraction of sp³-hybridized carbons (Fsp3) is 0.600. The number of nitrogens with zero attached hydrogens (tertiary/aromatic N) is 2. The number of fused-ring (bicyclic) bond motifs is 1. The van der Waals surface area contributed by atoms with Crippen LogP contribution in [0.25, 0.3) is 10.2 Å². The summed E-state index contributed by atoms with van der Waals surface area (Å²) >= 11 is 1.73. The van der Waals surface area contributed by atoms with Gasteiger partial charge in [-0.2, -0.15) is 0 Å². The predicted molar refractivity (Wildman–Crippen MR) is 124 cm³/mol. The van der Waals surface area contributed by atoms with E-state index in [-0.39, 0.29) is 30.7 Å². The molecule has 156 valence electrons. The zero-order valence-electron chi connectivity index (χ0n) is 16.3. The average Bonchev–Trinajstić information content (AvgIpc) is 3.31. The Hall–Kier alpha value is -1.08. The van der Waals surface area contributed by atoms with Crippen LogP contribution in [0, 0.1) is 11.8 Å². The van der Waals surface area contributed by atoms with Crippen molar-refractivity contribution in [1.29, 1.82) is 0 Å². The van der Waals surface area contributed by atoms with Gasteiger partial charge in [0.2, 0.25) is 5.91 Å². The minimum absolute atomic E-state index is 0. The highest BCUT2D eigenvalue weighted by atomic mass is 35.5. The van der Waals surface area contributed by atoms with Gasteiger partial charge in [0.1, 0.15) is 0 Å². The molecule has 1 aromatic carbocycles. The van der Waals surface area contributed by atoms with Crippen LogP contribution in [0.15, 0.2) is 18.2 Å². The van der Waals surface area contributed by atoms with Crippen LogP contribution < -0.4 is 15.5 Å². The molecule has 8 heteroatoms. The summed E-state index contributed by atoms with van der Waals surface area (Å²) < 4.78 is 1.15. The third-order valence-electron chi connectivity index (χ3n) is 5.73. The molecule has 2 saturated heterocycles. The number of thiazole rings is 1. The summed E-state index contributed by atoms with van der Waals surface area (Å²) in [4.78, 5) is 19.6. The summed E-state index contributed by atoms with van der Waals surface area (Å²) in [5, 5.41) is 7.60. The first-order valence-electron chi connectivity index (χ1n) is 9.85. The van der Waals surface area contributed by atoms with Gasteiger partial charge in [-0.05, 0) is 68.8 Å². The summed E-state index contributed by atoms with van der Waals surface area (Å²) in [6.07, 6.45) is 5.48. The number of piperidine rings is 1. The standard InChI is InChI=1S/C20H28N4OS.2ClH/c1-14(15-6-8-21-9-7-15)12-19(25)22-16-4-5-17-18(13-16)26-20(23-17)24-10-2-3-11-24;;/h4-5,13-15,21H,2-3,6-12H2,1H3,(H,22,25);2*1H. The van der Waals surface area contributed by atoms with Gasteiger partial charge >= 0.3 is 0 Å². The lowest BCUT2D eigenvalue weighted by Gasteiger charge is -2.27. The number of rotatable bonds is 5. The quantitative estimate of drug-likeness (QED) is 0.700. The van der Waals surface area contributed by atoms with Gasteiger partial charge in [0, 0.05) is 25.2 Å². The van der Waals surface area contributed by atoms with Crippen LogP contribution in [0.1, 0.15) is 39.0 Å². The molecular formula is C20H30Cl2N4OS. The second-order valence-electron chi connectivity index (χ2n) is 7.69. The number of aromatic nitrogens is 1. The van der Waals surface area contributed by atoms with E-state index in [1.54, 1.807) is 11.3 Å². The number of carbonyl (C=O) groups is 1. The van der Waals surface area contributed by atoms with Crippen LogP contribution in [0.5, 0.6) is 0 Å². The van der Waals surface area contributed by atoms with Crippen molar-refractivity contribution < 1.29 is 4.79 Å². The molecular weight excluding hydrogens is 415 g/mol. The monoisotopic (exact) mass is 444 g/mol. The Morgan fingerprint density at radius 1 is 1.29 bits per heavy atom. The maximum absolute atomic E-state index is 12.5. The van der Waals surface area contributed by atoms with Crippen molar-refractivity contribution in [2.75, 3.05) is 36.4 Å². The number of carbonyl (C=O) groups excluding carboxylic acids is 1. The molecule has 0 bridgehead atoms. The van der Waals surface area contributed by atoms with Crippen LogP contribution in [0.4, 0.5) is 10.8 Å². The maximum atomic E-state index is 12.5. The van der Waals surface area contributed by atoms with E-state index >= 15 is 0 Å². The van der Waals surface area contributed by atoms with Gasteiger partial charge in [-0.25, -0.2) is 4.98 Å². The Kier molecular flexibility index (Phi) is 8.81. The molecule has 3 heterocycles. The normalized spacial score (nSPS) is 18.4. The second-order valence-corrected chi connectivity index (χ2v) is 8.70. The molecule has 5 nitrogen and oxygen atoms in total. The molecule has 4 rings (SSSR count). The molecule has 1 unspecified atom stereocenters. The molecule has 0 spiro atoms. The molecule has 2 aromatic rings. The molecule has 28 heavy (non-hydrogen) atoms. The van der Waals surface area contributed by atoms with Crippen molar-refractivity contribution >= 4 is 63.1 Å². The molecule has 1 aromatic heterocycles. The van der Waals surface area contributed by atoms with Gasteiger partial charge in [-0.3, -0.25) is 4.79 Å². The van der Waals surface area contributed by atoms with Crippen LogP contribution >= 0.6 is 36.2 Å². The summed E-state index contributed by atoms with van der Waals surface area (Å²) in [5.74, 6) is 1.22. The maximum Gasteiger partial charge on any atom is 0.224 e. The Morgan fingerprint density at radius 2 is 2.00 bits per heavy atom. The van der Waals surface area contributed by atoms with E-state index in [0.29, 0.717) is 18.3 Å². The highest BCUT2D eigenvalue weighted by Crippen LogP contribution is 2.32. The third-order valence-corrected chi connectivity index (χ3v) is 6.81. The van der Waals surface area contributed by atoms with E-state index in [4.69, 9.17) is 4.98 Å². The number of nitrogens with one attached hydrogen (secondary N) is 2. The van der Waals surface area contributed by atoms with Crippen LogP contribution in [-0.4, -0.2) is 37.1 Å². The highest BCUT2D eigenvalue weighted by Gasteiger charge is 2.22. The zero-order chi connectivity index (χ0) is 17.9. The Bertz CT molecular complexity index is 773. The number of anilines is 2. The smallest absolute Gasteiger partial charge is 0.224 e. The summed E-state index contributed by atoms with van der Waals surface area (Å²) in [5.41, 5.74) is 1.91. The zero-order valence-corrected chi connectivity index (χ0v) is 18.7. The van der Waals surface area contributed by atoms with Crippen molar-refractivity contribution in [2.45, 2.75) is 39.0 Å². The lowest BCUT2D eigenvalue weighted by atomic mass is 9.84. The van der Waals surface area contributed by atoms with Crippen molar-refractivity contribution in [1.82, 2.24) is 10.3 Å². The lowest BCUT2D eigenvalue weighted by Crippen LogP contribution is -2.32. The SMILES string of the molecule is CC(CC(=O)Nc1ccc2nc(N3CCCC3)sc2c1)C1CCNCC1.Cl.Cl. The average molecular weight is 445 g/mol. The fourth-order valence-electron chi connectivity index (χ4n) is 4.12. The molecule has 0 aliphatic carbocycles. The topological polar surface area (TPSA) is 57.3 Å². The minimum Gasteiger partial charge on any atom is -0.348 e. The molecule has 2 N–H and O–H groups in total. The second kappa shape index (κ2) is 10.6. The van der Waals surface area contributed by atoms with E-state index in [9.17, 15) is 4.79 Å². The van der Waals surface area contributed by atoms with E-state index < -0.39 is 0 Å². The Morgan fingerprint density at radius 3 is 2.71 bits per heavy atom. The summed E-state index contributed by atoms with van der Waals surface area (Å²) in [7, 11) is 0. The van der Waals surface area contributed by atoms with Crippen molar-refractivity contribution in [3.63, 3.8) is 0 Å². The van der Waals surface area contributed by atoms with Gasteiger partial charge in [-0.15, -0.1) is 24.8 Å². The van der Waals surface area contributed by atoms with E-state index in [1.165, 1.54) is 25.7 Å². The number of hydrogen-bond donors (Lipinski definition) is 2. The lowest BCUT2D eigenvalue weighted by molar-refractivity contribution is -0.117. The van der Waals surface area contributed by atoms with Gasteiger partial charge < -0.3 is 15.5 Å². The Labute approximate surface area is 183 Å². The van der Waals surface area contributed by atoms with Gasteiger partial charge in [0.05, 0.1) is 10.2 Å². The van der Waals surface area contributed by atoms with E-state index in [1.807, 2.05) is 12.1 Å². The van der Waals surface area contributed by atoms with Crippen LogP contribution in [0.2, 0.25) is 0 Å². The van der Waals surface area contributed by atoms with Gasteiger partial charge in [0.15, 0.2) is 5.13 Å².